The Hall–Kier alpha value is -0.580. The van der Waals surface area contributed by atoms with Gasteiger partial charge in [-0.25, -0.2) is 5.90 Å². The summed E-state index contributed by atoms with van der Waals surface area (Å²) in [5, 5.41) is 0. The summed E-state index contributed by atoms with van der Waals surface area (Å²) >= 11 is 3.48. The minimum absolute atomic E-state index is 0.0733. The van der Waals surface area contributed by atoms with E-state index in [1.165, 1.54) is 5.56 Å². The molecule has 0 amide bonds. The molecule has 4 heteroatoms. The first-order chi connectivity index (χ1) is 7.23. The summed E-state index contributed by atoms with van der Waals surface area (Å²) in [7, 11) is 1.68. The molecule has 0 radical (unpaired) electrons. The molecular weight excluding hydrogens is 258 g/mol. The Kier molecular flexibility index (Phi) is 3.00. The zero-order chi connectivity index (χ0) is 10.9. The molecule has 0 aromatic heterocycles. The molecule has 1 aromatic carbocycles. The van der Waals surface area contributed by atoms with Gasteiger partial charge in [-0.3, -0.25) is 0 Å². The summed E-state index contributed by atoms with van der Waals surface area (Å²) in [6, 6.07) is 6.07. The molecule has 2 N–H and O–H groups in total. The van der Waals surface area contributed by atoms with Gasteiger partial charge < -0.3 is 9.57 Å². The normalized spacial score (nSPS) is 17.5. The summed E-state index contributed by atoms with van der Waals surface area (Å²) in [6.45, 7) is 0.555. The van der Waals surface area contributed by atoms with Crippen molar-refractivity contribution < 1.29 is 9.57 Å². The first kappa shape index (κ1) is 10.9. The molecule has 1 aliphatic rings. The van der Waals surface area contributed by atoms with Gasteiger partial charge in [0.2, 0.25) is 0 Å². The van der Waals surface area contributed by atoms with Crippen molar-refractivity contribution in [1.29, 1.82) is 0 Å². The Morgan fingerprint density at radius 2 is 2.20 bits per heavy atom. The SMILES string of the molecule is COc1c(Br)cccc1C1(CON)CC1. The van der Waals surface area contributed by atoms with Crippen LogP contribution in [0.1, 0.15) is 18.4 Å². The number of rotatable bonds is 4. The summed E-state index contributed by atoms with van der Waals surface area (Å²) < 4.78 is 6.38. The second kappa shape index (κ2) is 4.12. The Balaban J connectivity index is 2.39. The van der Waals surface area contributed by atoms with Crippen LogP contribution in [-0.2, 0) is 10.3 Å². The molecule has 3 nitrogen and oxygen atoms in total. The second-order valence-electron chi connectivity index (χ2n) is 3.91. The maximum absolute atomic E-state index is 5.41. The standard InChI is InChI=1S/C11H14BrNO2/c1-14-10-8(3-2-4-9(10)12)11(5-6-11)7-15-13/h2-4H,5-7,13H2,1H3. The van der Waals surface area contributed by atoms with Crippen molar-refractivity contribution >= 4 is 15.9 Å². The van der Waals surface area contributed by atoms with E-state index in [1.807, 2.05) is 12.1 Å². The molecule has 0 heterocycles. The summed E-state index contributed by atoms with van der Waals surface area (Å²) in [5.41, 5.74) is 1.26. The largest absolute Gasteiger partial charge is 0.495 e. The monoisotopic (exact) mass is 271 g/mol. The van der Waals surface area contributed by atoms with Gasteiger partial charge in [0.05, 0.1) is 18.2 Å². The van der Waals surface area contributed by atoms with E-state index in [9.17, 15) is 0 Å². The summed E-state index contributed by atoms with van der Waals surface area (Å²) in [5.74, 6) is 6.06. The molecular formula is C11H14BrNO2. The molecule has 82 valence electrons. The number of hydrogen-bond donors (Lipinski definition) is 1. The third-order valence-electron chi connectivity index (χ3n) is 2.96. The van der Waals surface area contributed by atoms with Gasteiger partial charge >= 0.3 is 0 Å². The molecule has 0 spiro atoms. The first-order valence-electron chi connectivity index (χ1n) is 4.88. The van der Waals surface area contributed by atoms with Crippen LogP contribution in [0.5, 0.6) is 5.75 Å². The van der Waals surface area contributed by atoms with Gasteiger partial charge in [0.1, 0.15) is 5.75 Å². The van der Waals surface area contributed by atoms with Crippen LogP contribution < -0.4 is 10.6 Å². The lowest BCUT2D eigenvalue weighted by atomic mass is 9.96. The van der Waals surface area contributed by atoms with E-state index in [0.717, 1.165) is 23.1 Å². The highest BCUT2D eigenvalue weighted by molar-refractivity contribution is 9.10. The lowest BCUT2D eigenvalue weighted by Gasteiger charge is -2.18. The van der Waals surface area contributed by atoms with Crippen molar-refractivity contribution in [2.24, 2.45) is 5.90 Å². The maximum atomic E-state index is 5.41. The van der Waals surface area contributed by atoms with Gasteiger partial charge in [-0.2, -0.15) is 0 Å². The van der Waals surface area contributed by atoms with E-state index < -0.39 is 0 Å². The van der Waals surface area contributed by atoms with Crippen LogP contribution in [0.25, 0.3) is 0 Å². The number of hydrogen-bond acceptors (Lipinski definition) is 3. The van der Waals surface area contributed by atoms with Crippen LogP contribution >= 0.6 is 15.9 Å². The van der Waals surface area contributed by atoms with Crippen molar-refractivity contribution in [2.45, 2.75) is 18.3 Å². The molecule has 1 aliphatic carbocycles. The lowest BCUT2D eigenvalue weighted by Crippen LogP contribution is -2.19. The van der Waals surface area contributed by atoms with E-state index >= 15 is 0 Å². The van der Waals surface area contributed by atoms with Gasteiger partial charge in [0, 0.05) is 11.0 Å². The van der Waals surface area contributed by atoms with Crippen molar-refractivity contribution in [3.05, 3.63) is 28.2 Å². The molecule has 0 bridgehead atoms. The van der Waals surface area contributed by atoms with Crippen LogP contribution in [-0.4, -0.2) is 13.7 Å². The Labute approximate surface area is 97.6 Å². The van der Waals surface area contributed by atoms with Crippen LogP contribution in [0.4, 0.5) is 0 Å². The van der Waals surface area contributed by atoms with Crippen molar-refractivity contribution in [3.8, 4) is 5.75 Å². The van der Waals surface area contributed by atoms with Gasteiger partial charge in [-0.1, -0.05) is 12.1 Å². The molecule has 0 saturated heterocycles. The van der Waals surface area contributed by atoms with Crippen LogP contribution in [0.15, 0.2) is 22.7 Å². The van der Waals surface area contributed by atoms with E-state index in [0.29, 0.717) is 6.61 Å². The zero-order valence-electron chi connectivity index (χ0n) is 8.63. The van der Waals surface area contributed by atoms with Crippen LogP contribution in [0.3, 0.4) is 0 Å². The fourth-order valence-corrected chi connectivity index (χ4v) is 2.46. The number of benzene rings is 1. The van der Waals surface area contributed by atoms with Crippen LogP contribution in [0.2, 0.25) is 0 Å². The number of nitrogens with two attached hydrogens (primary N) is 1. The van der Waals surface area contributed by atoms with Crippen LogP contribution in [0, 0.1) is 0 Å². The maximum Gasteiger partial charge on any atom is 0.136 e. The molecule has 0 atom stereocenters. The van der Waals surface area contributed by atoms with Crippen molar-refractivity contribution in [2.75, 3.05) is 13.7 Å². The summed E-state index contributed by atoms with van der Waals surface area (Å²) in [4.78, 5) is 4.79. The Bertz CT molecular complexity index is 364. The molecule has 2 rings (SSSR count). The summed E-state index contributed by atoms with van der Waals surface area (Å²) in [6.07, 6.45) is 2.22. The zero-order valence-corrected chi connectivity index (χ0v) is 10.2. The smallest absolute Gasteiger partial charge is 0.136 e. The van der Waals surface area contributed by atoms with E-state index in [-0.39, 0.29) is 5.41 Å². The minimum Gasteiger partial charge on any atom is -0.495 e. The predicted octanol–water partition coefficient (Wildman–Crippen LogP) is 2.38. The highest BCUT2D eigenvalue weighted by Crippen LogP contribution is 2.52. The lowest BCUT2D eigenvalue weighted by molar-refractivity contribution is 0.115. The molecule has 1 saturated carbocycles. The van der Waals surface area contributed by atoms with Crippen molar-refractivity contribution in [3.63, 3.8) is 0 Å². The molecule has 1 aromatic rings. The highest BCUT2D eigenvalue weighted by Gasteiger charge is 2.46. The molecule has 0 aliphatic heterocycles. The molecule has 15 heavy (non-hydrogen) atoms. The third-order valence-corrected chi connectivity index (χ3v) is 3.58. The quantitative estimate of drug-likeness (QED) is 0.856. The Morgan fingerprint density at radius 3 is 2.73 bits per heavy atom. The first-order valence-corrected chi connectivity index (χ1v) is 5.67. The average Bonchev–Trinajstić information content (AvgIpc) is 2.99. The number of halogens is 1. The minimum atomic E-state index is 0.0733. The third kappa shape index (κ3) is 1.89. The fraction of sp³-hybridized carbons (Fsp3) is 0.455. The topological polar surface area (TPSA) is 44.5 Å². The fourth-order valence-electron chi connectivity index (χ4n) is 1.94. The van der Waals surface area contributed by atoms with Gasteiger partial charge in [0.25, 0.3) is 0 Å². The Morgan fingerprint density at radius 1 is 1.47 bits per heavy atom. The second-order valence-corrected chi connectivity index (χ2v) is 4.77. The van der Waals surface area contributed by atoms with Crippen molar-refractivity contribution in [1.82, 2.24) is 0 Å². The van der Waals surface area contributed by atoms with E-state index in [4.69, 9.17) is 15.5 Å². The highest BCUT2D eigenvalue weighted by atomic mass is 79.9. The van der Waals surface area contributed by atoms with E-state index in [2.05, 4.69) is 22.0 Å². The van der Waals surface area contributed by atoms with Gasteiger partial charge in [0.15, 0.2) is 0 Å². The van der Waals surface area contributed by atoms with Gasteiger partial charge in [-0.15, -0.1) is 0 Å². The predicted molar refractivity (Wildman–Crippen MR) is 61.7 cm³/mol. The van der Waals surface area contributed by atoms with E-state index in [1.54, 1.807) is 7.11 Å². The molecule has 0 unspecified atom stereocenters. The average molecular weight is 272 g/mol. The number of para-hydroxylation sites is 1. The molecule has 1 fully saturated rings. The number of ether oxygens (including phenoxy) is 1. The van der Waals surface area contributed by atoms with Gasteiger partial charge in [-0.05, 0) is 34.8 Å². The number of methoxy groups -OCH3 is 1.